The molecule has 106 valence electrons. The van der Waals surface area contributed by atoms with E-state index in [2.05, 4.69) is 15.3 Å². The van der Waals surface area contributed by atoms with E-state index in [1.807, 2.05) is 24.7 Å². The SMILES string of the molecule is CCOC(=O)C(c1cnn(CC)c1)N1CCNCC1. The molecule has 0 aromatic carbocycles. The van der Waals surface area contributed by atoms with Crippen LogP contribution in [0.2, 0.25) is 0 Å². The Hall–Kier alpha value is -1.40. The zero-order valence-corrected chi connectivity index (χ0v) is 11.6. The van der Waals surface area contributed by atoms with Crippen LogP contribution in [0.4, 0.5) is 0 Å². The van der Waals surface area contributed by atoms with Crippen LogP contribution < -0.4 is 5.32 Å². The Balaban J connectivity index is 2.19. The lowest BCUT2D eigenvalue weighted by molar-refractivity contribution is -0.150. The number of carbonyl (C=O) groups is 1. The maximum absolute atomic E-state index is 12.2. The number of aromatic nitrogens is 2. The number of hydrogen-bond donors (Lipinski definition) is 1. The van der Waals surface area contributed by atoms with Crippen LogP contribution in [0.25, 0.3) is 0 Å². The molecule has 0 aliphatic carbocycles. The molecule has 1 aromatic rings. The second-order valence-electron chi connectivity index (χ2n) is 4.57. The molecule has 2 rings (SSSR count). The van der Waals surface area contributed by atoms with Crippen molar-refractivity contribution >= 4 is 5.97 Å². The molecule has 0 amide bonds. The lowest BCUT2D eigenvalue weighted by atomic mass is 10.1. The van der Waals surface area contributed by atoms with Gasteiger partial charge < -0.3 is 10.1 Å². The van der Waals surface area contributed by atoms with E-state index in [1.54, 1.807) is 6.20 Å². The summed E-state index contributed by atoms with van der Waals surface area (Å²) in [6.07, 6.45) is 3.71. The largest absolute Gasteiger partial charge is 0.465 e. The van der Waals surface area contributed by atoms with Gasteiger partial charge in [-0.3, -0.25) is 9.58 Å². The first kappa shape index (κ1) is 14.0. The molecule has 0 bridgehead atoms. The molecule has 1 N–H and O–H groups in total. The number of nitrogens with one attached hydrogen (secondary N) is 1. The molecular weight excluding hydrogens is 244 g/mol. The van der Waals surface area contributed by atoms with Gasteiger partial charge in [0.05, 0.1) is 12.8 Å². The molecule has 0 saturated carbocycles. The Bertz CT molecular complexity index is 413. The Morgan fingerprint density at radius 1 is 1.47 bits per heavy atom. The van der Waals surface area contributed by atoms with Gasteiger partial charge in [-0.1, -0.05) is 0 Å². The van der Waals surface area contributed by atoms with E-state index in [0.29, 0.717) is 6.61 Å². The van der Waals surface area contributed by atoms with Crippen LogP contribution in [0.1, 0.15) is 25.5 Å². The summed E-state index contributed by atoms with van der Waals surface area (Å²) in [4.78, 5) is 14.4. The van der Waals surface area contributed by atoms with Crippen molar-refractivity contribution in [2.45, 2.75) is 26.4 Å². The summed E-state index contributed by atoms with van der Waals surface area (Å²) >= 11 is 0. The third-order valence-corrected chi connectivity index (χ3v) is 3.32. The van der Waals surface area contributed by atoms with Crippen LogP contribution >= 0.6 is 0 Å². The second kappa shape index (κ2) is 6.68. The maximum Gasteiger partial charge on any atom is 0.328 e. The molecule has 1 unspecified atom stereocenters. The first-order valence-corrected chi connectivity index (χ1v) is 6.90. The van der Waals surface area contributed by atoms with E-state index in [4.69, 9.17) is 4.74 Å². The minimum absolute atomic E-state index is 0.181. The highest BCUT2D eigenvalue weighted by atomic mass is 16.5. The third-order valence-electron chi connectivity index (χ3n) is 3.32. The number of nitrogens with zero attached hydrogens (tertiary/aromatic N) is 3. The number of hydrogen-bond acceptors (Lipinski definition) is 5. The minimum Gasteiger partial charge on any atom is -0.465 e. The van der Waals surface area contributed by atoms with Gasteiger partial charge in [0.1, 0.15) is 6.04 Å². The van der Waals surface area contributed by atoms with Crippen LogP contribution in [0, 0.1) is 0 Å². The van der Waals surface area contributed by atoms with Crippen molar-refractivity contribution in [2.24, 2.45) is 0 Å². The monoisotopic (exact) mass is 266 g/mol. The van der Waals surface area contributed by atoms with Crippen molar-refractivity contribution in [3.8, 4) is 0 Å². The fourth-order valence-corrected chi connectivity index (χ4v) is 2.35. The molecule has 2 heterocycles. The third kappa shape index (κ3) is 3.33. The average molecular weight is 266 g/mol. The summed E-state index contributed by atoms with van der Waals surface area (Å²) in [5, 5.41) is 7.55. The number of aryl methyl sites for hydroxylation is 1. The normalized spacial score (nSPS) is 18.2. The Morgan fingerprint density at radius 3 is 2.79 bits per heavy atom. The fourth-order valence-electron chi connectivity index (χ4n) is 2.35. The summed E-state index contributed by atoms with van der Waals surface area (Å²) in [7, 11) is 0. The van der Waals surface area contributed by atoms with Gasteiger partial charge in [0.2, 0.25) is 0 Å². The van der Waals surface area contributed by atoms with Crippen LogP contribution in [0.3, 0.4) is 0 Å². The Labute approximate surface area is 113 Å². The Morgan fingerprint density at radius 2 is 2.21 bits per heavy atom. The predicted octanol–water partition coefficient (Wildman–Crippen LogP) is 0.412. The number of ether oxygens (including phenoxy) is 1. The molecule has 19 heavy (non-hydrogen) atoms. The molecule has 6 nitrogen and oxygen atoms in total. The molecule has 1 fully saturated rings. The van der Waals surface area contributed by atoms with Crippen LogP contribution in [-0.2, 0) is 16.1 Å². The quantitative estimate of drug-likeness (QED) is 0.782. The van der Waals surface area contributed by atoms with E-state index in [-0.39, 0.29) is 12.0 Å². The van der Waals surface area contributed by atoms with E-state index in [9.17, 15) is 4.79 Å². The molecular formula is C13H22N4O2. The van der Waals surface area contributed by atoms with Crippen molar-refractivity contribution in [1.82, 2.24) is 20.0 Å². The van der Waals surface area contributed by atoms with Crippen molar-refractivity contribution in [3.05, 3.63) is 18.0 Å². The summed E-state index contributed by atoms with van der Waals surface area (Å²) < 4.78 is 7.05. The first-order valence-electron chi connectivity index (χ1n) is 6.90. The zero-order valence-electron chi connectivity index (χ0n) is 11.6. The van der Waals surface area contributed by atoms with Crippen LogP contribution in [0.15, 0.2) is 12.4 Å². The molecule has 1 aliphatic rings. The smallest absolute Gasteiger partial charge is 0.328 e. The second-order valence-corrected chi connectivity index (χ2v) is 4.57. The van der Waals surface area contributed by atoms with Gasteiger partial charge in [-0.2, -0.15) is 5.10 Å². The molecule has 0 radical (unpaired) electrons. The van der Waals surface area contributed by atoms with Gasteiger partial charge in [0.15, 0.2) is 0 Å². The number of esters is 1. The lowest BCUT2D eigenvalue weighted by Crippen LogP contribution is -2.47. The summed E-state index contributed by atoms with van der Waals surface area (Å²) in [6.45, 7) is 8.57. The number of piperazine rings is 1. The number of rotatable bonds is 5. The summed E-state index contributed by atoms with van der Waals surface area (Å²) in [5.41, 5.74) is 0.919. The van der Waals surface area contributed by atoms with Gasteiger partial charge in [0.25, 0.3) is 0 Å². The van der Waals surface area contributed by atoms with Gasteiger partial charge in [-0.05, 0) is 13.8 Å². The van der Waals surface area contributed by atoms with Crippen molar-refractivity contribution < 1.29 is 9.53 Å². The molecule has 1 saturated heterocycles. The molecule has 1 aliphatic heterocycles. The molecule has 1 atom stereocenters. The molecule has 0 spiro atoms. The van der Waals surface area contributed by atoms with Crippen molar-refractivity contribution in [2.75, 3.05) is 32.8 Å². The summed E-state index contributed by atoms with van der Waals surface area (Å²) in [5.74, 6) is -0.181. The first-order chi connectivity index (χ1) is 9.26. The molecule has 1 aromatic heterocycles. The zero-order chi connectivity index (χ0) is 13.7. The standard InChI is InChI=1S/C13H22N4O2/c1-3-17-10-11(9-15-17)12(13(18)19-4-2)16-7-5-14-6-8-16/h9-10,12,14H,3-8H2,1-2H3. The number of carbonyl (C=O) groups excluding carboxylic acids is 1. The highest BCUT2D eigenvalue weighted by Crippen LogP contribution is 2.22. The van der Waals surface area contributed by atoms with E-state index in [0.717, 1.165) is 38.3 Å². The average Bonchev–Trinajstić information content (AvgIpc) is 2.89. The topological polar surface area (TPSA) is 59.4 Å². The van der Waals surface area contributed by atoms with Crippen molar-refractivity contribution in [1.29, 1.82) is 0 Å². The summed E-state index contributed by atoms with van der Waals surface area (Å²) in [6, 6.07) is -0.331. The predicted molar refractivity (Wildman–Crippen MR) is 71.7 cm³/mol. The van der Waals surface area contributed by atoms with E-state index >= 15 is 0 Å². The minimum atomic E-state index is -0.331. The van der Waals surface area contributed by atoms with Gasteiger partial charge in [-0.15, -0.1) is 0 Å². The Kier molecular flexibility index (Phi) is 4.93. The van der Waals surface area contributed by atoms with E-state index in [1.165, 1.54) is 0 Å². The maximum atomic E-state index is 12.2. The van der Waals surface area contributed by atoms with Gasteiger partial charge >= 0.3 is 5.97 Å². The van der Waals surface area contributed by atoms with E-state index < -0.39 is 0 Å². The lowest BCUT2D eigenvalue weighted by Gasteiger charge is -2.32. The van der Waals surface area contributed by atoms with Gasteiger partial charge in [-0.25, -0.2) is 4.79 Å². The highest BCUT2D eigenvalue weighted by molar-refractivity contribution is 5.77. The fraction of sp³-hybridized carbons (Fsp3) is 0.692. The van der Waals surface area contributed by atoms with Crippen LogP contribution in [-0.4, -0.2) is 53.4 Å². The van der Waals surface area contributed by atoms with Crippen molar-refractivity contribution in [3.63, 3.8) is 0 Å². The van der Waals surface area contributed by atoms with Gasteiger partial charge in [0, 0.05) is 44.5 Å². The molecule has 6 heteroatoms. The highest BCUT2D eigenvalue weighted by Gasteiger charge is 2.30. The van der Waals surface area contributed by atoms with Crippen LogP contribution in [0.5, 0.6) is 0 Å².